The molecule has 3 N–H and O–H groups in total. The molecule has 0 spiro atoms. The van der Waals surface area contributed by atoms with Crippen LogP contribution in [-0.2, 0) is 4.74 Å². The number of hydrogen-bond donors (Lipinski definition) is 2. The first kappa shape index (κ1) is 13.0. The van der Waals surface area contributed by atoms with Crippen molar-refractivity contribution in [2.45, 2.75) is 26.3 Å². The first-order valence-electron chi connectivity index (χ1n) is 4.92. The third-order valence-electron chi connectivity index (χ3n) is 2.07. The van der Waals surface area contributed by atoms with Crippen molar-refractivity contribution in [2.24, 2.45) is 0 Å². The molecule has 0 fully saturated rings. The van der Waals surface area contributed by atoms with E-state index >= 15 is 0 Å². The molecule has 0 bridgehead atoms. The number of nitrogens with zero attached hydrogens (tertiary/aromatic N) is 2. The molecule has 1 aromatic heterocycles. The molecule has 0 saturated heterocycles. The Kier molecular flexibility index (Phi) is 3.93. The Morgan fingerprint density at radius 3 is 2.62 bits per heavy atom. The Morgan fingerprint density at radius 2 is 2.06 bits per heavy atom. The second-order valence-corrected chi connectivity index (χ2v) is 4.62. The highest BCUT2D eigenvalue weighted by atomic mass is 35.5. The summed E-state index contributed by atoms with van der Waals surface area (Å²) in [7, 11) is 1.64. The fraction of sp³-hybridized carbons (Fsp3) is 0.600. The molecule has 90 valence electrons. The molecule has 1 aromatic rings. The second-order valence-electron chi connectivity index (χ2n) is 4.28. The van der Waals surface area contributed by atoms with Crippen molar-refractivity contribution in [2.75, 3.05) is 24.8 Å². The zero-order chi connectivity index (χ0) is 12.3. The number of halogens is 1. The molecule has 5 nitrogen and oxygen atoms in total. The van der Waals surface area contributed by atoms with E-state index in [0.29, 0.717) is 23.8 Å². The van der Waals surface area contributed by atoms with Gasteiger partial charge in [0.25, 0.3) is 0 Å². The van der Waals surface area contributed by atoms with Crippen LogP contribution in [0.3, 0.4) is 0 Å². The lowest BCUT2D eigenvalue weighted by molar-refractivity contribution is 0.158. The zero-order valence-corrected chi connectivity index (χ0v) is 10.7. The van der Waals surface area contributed by atoms with E-state index in [2.05, 4.69) is 15.3 Å². The minimum atomic E-state index is -0.271. The molecule has 0 saturated carbocycles. The summed E-state index contributed by atoms with van der Waals surface area (Å²) in [6, 6.07) is 0. The minimum Gasteiger partial charge on any atom is -0.394 e. The van der Waals surface area contributed by atoms with Crippen molar-refractivity contribution in [3.8, 4) is 0 Å². The van der Waals surface area contributed by atoms with E-state index in [9.17, 15) is 0 Å². The van der Waals surface area contributed by atoms with E-state index < -0.39 is 0 Å². The number of nitrogens with two attached hydrogens (primary N) is 1. The van der Waals surface area contributed by atoms with Crippen LogP contribution >= 0.6 is 11.6 Å². The number of nitrogen functional groups attached to an aromatic ring is 1. The van der Waals surface area contributed by atoms with Crippen molar-refractivity contribution >= 4 is 23.1 Å². The van der Waals surface area contributed by atoms with Gasteiger partial charge in [-0.15, -0.1) is 0 Å². The highest BCUT2D eigenvalue weighted by Crippen LogP contribution is 2.23. The maximum absolute atomic E-state index is 5.87. The van der Waals surface area contributed by atoms with E-state index in [-0.39, 0.29) is 10.8 Å². The van der Waals surface area contributed by atoms with Crippen LogP contribution in [0.1, 0.15) is 19.5 Å². The quantitative estimate of drug-likeness (QED) is 0.791. The summed E-state index contributed by atoms with van der Waals surface area (Å²) in [6.07, 6.45) is 0. The molecule has 0 unspecified atom stereocenters. The van der Waals surface area contributed by atoms with E-state index in [0.717, 1.165) is 0 Å². The Labute approximate surface area is 100 Å². The Morgan fingerprint density at radius 1 is 1.44 bits per heavy atom. The van der Waals surface area contributed by atoms with Crippen molar-refractivity contribution in [3.63, 3.8) is 0 Å². The number of ether oxygens (including phenoxy) is 1. The minimum absolute atomic E-state index is 0.183. The van der Waals surface area contributed by atoms with E-state index in [1.54, 1.807) is 14.0 Å². The zero-order valence-electron chi connectivity index (χ0n) is 9.97. The predicted octanol–water partition coefficient (Wildman–Crippen LogP) is 1.86. The summed E-state index contributed by atoms with van der Waals surface area (Å²) in [4.78, 5) is 8.03. The van der Waals surface area contributed by atoms with Gasteiger partial charge in [-0.2, -0.15) is 4.98 Å². The molecule has 0 atom stereocenters. The van der Waals surface area contributed by atoms with Crippen LogP contribution in [0.5, 0.6) is 0 Å². The average molecular weight is 245 g/mol. The number of hydrogen-bond acceptors (Lipinski definition) is 5. The van der Waals surface area contributed by atoms with Crippen LogP contribution < -0.4 is 11.1 Å². The van der Waals surface area contributed by atoms with E-state index in [1.807, 2.05) is 13.8 Å². The van der Waals surface area contributed by atoms with Crippen molar-refractivity contribution in [3.05, 3.63) is 11.0 Å². The summed E-state index contributed by atoms with van der Waals surface area (Å²) in [6.45, 7) is 6.30. The highest BCUT2D eigenvalue weighted by molar-refractivity contribution is 6.28. The molecule has 0 aliphatic rings. The summed E-state index contributed by atoms with van der Waals surface area (Å²) in [5.41, 5.74) is 6.77. The number of anilines is 2. The number of aromatic nitrogens is 2. The third-order valence-corrected chi connectivity index (χ3v) is 2.24. The summed E-state index contributed by atoms with van der Waals surface area (Å²) < 4.78 is 5.10. The molecule has 1 rings (SSSR count). The van der Waals surface area contributed by atoms with Gasteiger partial charge in [-0.25, -0.2) is 4.98 Å². The summed E-state index contributed by atoms with van der Waals surface area (Å²) in [5.74, 6) is 0.541. The second kappa shape index (κ2) is 4.84. The molecular weight excluding hydrogens is 228 g/mol. The number of aryl methyl sites for hydroxylation is 1. The summed E-state index contributed by atoms with van der Waals surface area (Å²) in [5, 5.41) is 3.37. The normalized spacial score (nSPS) is 11.6. The Hall–Kier alpha value is -1.07. The van der Waals surface area contributed by atoms with Gasteiger partial charge in [0.05, 0.1) is 23.5 Å². The van der Waals surface area contributed by atoms with E-state index in [1.165, 1.54) is 0 Å². The molecule has 0 aliphatic heterocycles. The van der Waals surface area contributed by atoms with Crippen molar-refractivity contribution in [1.82, 2.24) is 9.97 Å². The number of nitrogens with one attached hydrogen (secondary N) is 1. The molecule has 6 heteroatoms. The van der Waals surface area contributed by atoms with Crippen molar-refractivity contribution in [1.29, 1.82) is 0 Å². The van der Waals surface area contributed by atoms with Gasteiger partial charge in [0.1, 0.15) is 0 Å². The summed E-state index contributed by atoms with van der Waals surface area (Å²) >= 11 is 5.78. The standard InChI is InChI=1S/C10H17ClN4O/c1-6-7(12)8(14-9(11)13-6)15-10(2,3)5-16-4/h5,12H2,1-4H3,(H,13,14,15). The molecule has 1 heterocycles. The van der Waals surface area contributed by atoms with Gasteiger partial charge >= 0.3 is 0 Å². The Bertz CT molecular complexity index is 381. The molecule has 0 amide bonds. The van der Waals surface area contributed by atoms with Crippen LogP contribution in [0.25, 0.3) is 0 Å². The number of methoxy groups -OCH3 is 1. The van der Waals surface area contributed by atoms with E-state index in [4.69, 9.17) is 22.1 Å². The Balaban J connectivity index is 2.97. The highest BCUT2D eigenvalue weighted by Gasteiger charge is 2.20. The van der Waals surface area contributed by atoms with Gasteiger partial charge < -0.3 is 15.8 Å². The fourth-order valence-electron chi connectivity index (χ4n) is 1.36. The topological polar surface area (TPSA) is 73.1 Å². The van der Waals surface area contributed by atoms with Gasteiger partial charge in [-0.1, -0.05) is 0 Å². The van der Waals surface area contributed by atoms with Gasteiger partial charge in [-0.05, 0) is 32.4 Å². The SMILES string of the molecule is COCC(C)(C)Nc1nc(Cl)nc(C)c1N. The monoisotopic (exact) mass is 244 g/mol. The van der Waals surface area contributed by atoms with Crippen LogP contribution in [0.15, 0.2) is 0 Å². The van der Waals surface area contributed by atoms with Crippen LogP contribution in [0.2, 0.25) is 5.28 Å². The third kappa shape index (κ3) is 3.21. The van der Waals surface area contributed by atoms with Crippen molar-refractivity contribution < 1.29 is 4.74 Å². The molecule has 16 heavy (non-hydrogen) atoms. The first-order valence-corrected chi connectivity index (χ1v) is 5.30. The van der Waals surface area contributed by atoms with Gasteiger partial charge in [0.15, 0.2) is 5.82 Å². The van der Waals surface area contributed by atoms with Crippen LogP contribution in [0, 0.1) is 6.92 Å². The number of rotatable bonds is 4. The lowest BCUT2D eigenvalue weighted by Crippen LogP contribution is -2.36. The van der Waals surface area contributed by atoms with Crippen LogP contribution in [0.4, 0.5) is 11.5 Å². The van der Waals surface area contributed by atoms with Gasteiger partial charge in [0, 0.05) is 7.11 Å². The molecule has 0 aliphatic carbocycles. The average Bonchev–Trinajstić information content (AvgIpc) is 2.12. The molecule has 0 radical (unpaired) electrons. The van der Waals surface area contributed by atoms with Gasteiger partial charge in [-0.3, -0.25) is 0 Å². The largest absolute Gasteiger partial charge is 0.394 e. The first-order chi connectivity index (χ1) is 7.35. The predicted molar refractivity (Wildman–Crippen MR) is 65.8 cm³/mol. The molecular formula is C10H17ClN4O. The fourth-order valence-corrected chi connectivity index (χ4v) is 1.57. The van der Waals surface area contributed by atoms with Gasteiger partial charge in [0.2, 0.25) is 5.28 Å². The van der Waals surface area contributed by atoms with Crippen LogP contribution in [-0.4, -0.2) is 29.2 Å². The lowest BCUT2D eigenvalue weighted by atomic mass is 10.1. The maximum Gasteiger partial charge on any atom is 0.224 e. The smallest absolute Gasteiger partial charge is 0.224 e. The molecule has 0 aromatic carbocycles. The lowest BCUT2D eigenvalue weighted by Gasteiger charge is -2.26. The maximum atomic E-state index is 5.87.